The largest absolute Gasteiger partial charge is 0.478 e. The average Bonchev–Trinajstić information content (AvgIpc) is 2.31. The van der Waals surface area contributed by atoms with Gasteiger partial charge in [0.05, 0.1) is 12.2 Å². The van der Waals surface area contributed by atoms with Gasteiger partial charge in [0.25, 0.3) is 0 Å². The lowest BCUT2D eigenvalue weighted by Crippen LogP contribution is -2.39. The molecule has 0 bridgehead atoms. The molecule has 1 aliphatic rings. The zero-order valence-electron chi connectivity index (χ0n) is 11.0. The summed E-state index contributed by atoms with van der Waals surface area (Å²) >= 11 is 0. The first kappa shape index (κ1) is 13.8. The first-order valence-corrected chi connectivity index (χ1v) is 6.20. The number of ether oxygens (including phenoxy) is 1. The summed E-state index contributed by atoms with van der Waals surface area (Å²) in [7, 11) is 0. The Labute approximate surface area is 111 Å². The van der Waals surface area contributed by atoms with Crippen LogP contribution in [0.15, 0.2) is 18.2 Å². The van der Waals surface area contributed by atoms with Crippen LogP contribution in [0.25, 0.3) is 0 Å². The molecule has 0 saturated heterocycles. The molecular formula is C14H18O5. The fourth-order valence-corrected chi connectivity index (χ4v) is 2.15. The van der Waals surface area contributed by atoms with E-state index in [4.69, 9.17) is 9.84 Å². The summed E-state index contributed by atoms with van der Waals surface area (Å²) in [5.74, 6) is -0.600. The van der Waals surface area contributed by atoms with Crippen LogP contribution in [0.3, 0.4) is 0 Å². The highest BCUT2D eigenvalue weighted by atomic mass is 16.5. The molecule has 1 aromatic rings. The number of carboxylic acids is 1. The molecule has 2 rings (SSSR count). The lowest BCUT2D eigenvalue weighted by atomic mass is 9.87. The van der Waals surface area contributed by atoms with Crippen molar-refractivity contribution in [1.82, 2.24) is 0 Å². The van der Waals surface area contributed by atoms with Gasteiger partial charge in [-0.25, -0.2) is 4.79 Å². The number of aliphatic carboxylic acids is 1. The first-order chi connectivity index (χ1) is 8.81. The molecule has 2 unspecified atom stereocenters. The van der Waals surface area contributed by atoms with Gasteiger partial charge in [0.1, 0.15) is 5.75 Å². The highest BCUT2D eigenvalue weighted by Gasteiger charge is 2.33. The summed E-state index contributed by atoms with van der Waals surface area (Å²) in [4.78, 5) is 11.1. The molecule has 0 saturated carbocycles. The maximum absolute atomic E-state index is 11.1. The fourth-order valence-electron chi connectivity index (χ4n) is 2.15. The molecule has 104 valence electrons. The van der Waals surface area contributed by atoms with Gasteiger partial charge in [-0.3, -0.25) is 0 Å². The summed E-state index contributed by atoms with van der Waals surface area (Å²) in [6.07, 6.45) is -1.01. The highest BCUT2D eigenvalue weighted by molar-refractivity contribution is 5.76. The molecule has 3 N–H and O–H groups in total. The van der Waals surface area contributed by atoms with E-state index in [0.29, 0.717) is 12.2 Å². The molecule has 0 amide bonds. The van der Waals surface area contributed by atoms with E-state index in [1.165, 1.54) is 13.8 Å². The Hall–Kier alpha value is -1.59. The van der Waals surface area contributed by atoms with Crippen LogP contribution < -0.4 is 4.74 Å². The Balaban J connectivity index is 2.34. The Morgan fingerprint density at radius 2 is 1.89 bits per heavy atom. The van der Waals surface area contributed by atoms with Crippen molar-refractivity contribution in [3.63, 3.8) is 0 Å². The second-order valence-electron chi connectivity index (χ2n) is 5.35. The van der Waals surface area contributed by atoms with Crippen LogP contribution in [0, 0.1) is 0 Å². The van der Waals surface area contributed by atoms with Gasteiger partial charge in [0, 0.05) is 18.4 Å². The SMILES string of the molecule is CC(C)(Oc1cccc2c1CC(O)C(O)C2)C(=O)O. The van der Waals surface area contributed by atoms with E-state index >= 15 is 0 Å². The summed E-state index contributed by atoms with van der Waals surface area (Å²) in [6, 6.07) is 5.30. The minimum atomic E-state index is -1.34. The summed E-state index contributed by atoms with van der Waals surface area (Å²) in [6.45, 7) is 2.95. The van der Waals surface area contributed by atoms with Gasteiger partial charge in [-0.15, -0.1) is 0 Å². The fraction of sp³-hybridized carbons (Fsp3) is 0.500. The number of hydrogen-bond acceptors (Lipinski definition) is 4. The van der Waals surface area contributed by atoms with Crippen molar-refractivity contribution in [3.05, 3.63) is 29.3 Å². The second kappa shape index (κ2) is 4.83. The molecule has 0 fully saturated rings. The van der Waals surface area contributed by atoms with Crippen LogP contribution in [-0.4, -0.2) is 39.1 Å². The summed E-state index contributed by atoms with van der Waals surface area (Å²) < 4.78 is 5.55. The molecular weight excluding hydrogens is 248 g/mol. The van der Waals surface area contributed by atoms with Gasteiger partial charge in [0.2, 0.25) is 0 Å². The molecule has 2 atom stereocenters. The molecule has 0 radical (unpaired) electrons. The summed E-state index contributed by atoms with van der Waals surface area (Å²) in [5.41, 5.74) is 0.321. The van der Waals surface area contributed by atoms with Crippen LogP contribution in [0.1, 0.15) is 25.0 Å². The molecule has 1 aromatic carbocycles. The highest BCUT2D eigenvalue weighted by Crippen LogP contribution is 2.32. The molecule has 0 aromatic heterocycles. The van der Waals surface area contributed by atoms with Crippen molar-refractivity contribution in [3.8, 4) is 5.75 Å². The van der Waals surface area contributed by atoms with Crippen molar-refractivity contribution in [2.45, 2.75) is 44.5 Å². The molecule has 5 nitrogen and oxygen atoms in total. The maximum atomic E-state index is 11.1. The third-order valence-corrected chi connectivity index (χ3v) is 3.40. The van der Waals surface area contributed by atoms with Gasteiger partial charge in [-0.1, -0.05) is 12.1 Å². The van der Waals surface area contributed by atoms with Crippen molar-refractivity contribution in [1.29, 1.82) is 0 Å². The second-order valence-corrected chi connectivity index (χ2v) is 5.35. The normalized spacial score (nSPS) is 22.7. The number of rotatable bonds is 3. The molecule has 5 heteroatoms. The Bertz CT molecular complexity index is 495. The Kier molecular flexibility index (Phi) is 3.52. The minimum absolute atomic E-state index is 0.266. The predicted molar refractivity (Wildman–Crippen MR) is 68.2 cm³/mol. The number of fused-ring (bicyclic) bond motifs is 1. The van der Waals surface area contributed by atoms with E-state index in [2.05, 4.69) is 0 Å². The number of hydrogen-bond donors (Lipinski definition) is 3. The third-order valence-electron chi connectivity index (χ3n) is 3.40. The van der Waals surface area contributed by atoms with Crippen LogP contribution in [0.4, 0.5) is 0 Å². The smallest absolute Gasteiger partial charge is 0.347 e. The van der Waals surface area contributed by atoms with Crippen LogP contribution in [0.2, 0.25) is 0 Å². The van der Waals surface area contributed by atoms with E-state index in [0.717, 1.165) is 11.1 Å². The summed E-state index contributed by atoms with van der Waals surface area (Å²) in [5, 5.41) is 28.5. The van der Waals surface area contributed by atoms with Crippen molar-refractivity contribution in [2.24, 2.45) is 0 Å². The monoisotopic (exact) mass is 266 g/mol. The lowest BCUT2D eigenvalue weighted by molar-refractivity contribution is -0.152. The Morgan fingerprint density at radius 3 is 2.53 bits per heavy atom. The van der Waals surface area contributed by atoms with Crippen LogP contribution in [-0.2, 0) is 17.6 Å². The number of carboxylic acid groups (broad SMARTS) is 1. The zero-order chi connectivity index (χ0) is 14.2. The zero-order valence-corrected chi connectivity index (χ0v) is 11.0. The number of carbonyl (C=O) groups is 1. The predicted octanol–water partition coefficient (Wildman–Crippen LogP) is 0.749. The quantitative estimate of drug-likeness (QED) is 0.751. The molecule has 0 spiro atoms. The van der Waals surface area contributed by atoms with E-state index in [-0.39, 0.29) is 6.42 Å². The topological polar surface area (TPSA) is 87.0 Å². The van der Waals surface area contributed by atoms with Crippen molar-refractivity contribution >= 4 is 5.97 Å². The van der Waals surface area contributed by atoms with E-state index in [1.807, 2.05) is 6.07 Å². The van der Waals surface area contributed by atoms with Gasteiger partial charge in [-0.2, -0.15) is 0 Å². The Morgan fingerprint density at radius 1 is 1.26 bits per heavy atom. The van der Waals surface area contributed by atoms with E-state index < -0.39 is 23.8 Å². The number of benzene rings is 1. The van der Waals surface area contributed by atoms with Gasteiger partial charge in [0.15, 0.2) is 5.60 Å². The number of aliphatic hydroxyl groups is 2. The van der Waals surface area contributed by atoms with Crippen molar-refractivity contribution < 1.29 is 24.9 Å². The van der Waals surface area contributed by atoms with Gasteiger partial charge < -0.3 is 20.1 Å². The molecule has 0 aliphatic heterocycles. The van der Waals surface area contributed by atoms with Crippen LogP contribution >= 0.6 is 0 Å². The van der Waals surface area contributed by atoms with Gasteiger partial charge >= 0.3 is 5.97 Å². The lowest BCUT2D eigenvalue weighted by Gasteiger charge is -2.30. The average molecular weight is 266 g/mol. The van der Waals surface area contributed by atoms with Crippen molar-refractivity contribution in [2.75, 3.05) is 0 Å². The van der Waals surface area contributed by atoms with E-state index in [1.54, 1.807) is 12.1 Å². The molecule has 0 heterocycles. The standard InChI is InChI=1S/C14H18O5/c1-14(2,13(17)18)19-12-5-3-4-8-6-10(15)11(16)7-9(8)12/h3-5,10-11,15-16H,6-7H2,1-2H3,(H,17,18). The minimum Gasteiger partial charge on any atom is -0.478 e. The van der Waals surface area contributed by atoms with Crippen LogP contribution in [0.5, 0.6) is 5.75 Å². The van der Waals surface area contributed by atoms with Gasteiger partial charge in [-0.05, 0) is 25.5 Å². The first-order valence-electron chi connectivity index (χ1n) is 6.20. The third kappa shape index (κ3) is 2.72. The number of aliphatic hydroxyl groups excluding tert-OH is 2. The maximum Gasteiger partial charge on any atom is 0.347 e. The molecule has 1 aliphatic carbocycles. The molecule has 19 heavy (non-hydrogen) atoms. The van der Waals surface area contributed by atoms with E-state index in [9.17, 15) is 15.0 Å².